The van der Waals surface area contributed by atoms with E-state index in [-0.39, 0.29) is 30.5 Å². The van der Waals surface area contributed by atoms with E-state index in [1.54, 1.807) is 24.3 Å². The van der Waals surface area contributed by atoms with Gasteiger partial charge in [-0.1, -0.05) is 26.0 Å². The average molecular weight is 483 g/mol. The van der Waals surface area contributed by atoms with Crippen LogP contribution in [0.15, 0.2) is 36.5 Å². The molecule has 0 saturated carbocycles. The minimum absolute atomic E-state index is 0.260. The highest BCUT2D eigenvalue weighted by atomic mass is 19.4. The van der Waals surface area contributed by atoms with Gasteiger partial charge in [0, 0.05) is 31.9 Å². The molecule has 0 radical (unpaired) electrons. The van der Waals surface area contributed by atoms with E-state index in [1.165, 1.54) is 4.90 Å². The Morgan fingerprint density at radius 3 is 2.41 bits per heavy atom. The fraction of sp³-hybridized carbons (Fsp3) is 0.478. The van der Waals surface area contributed by atoms with E-state index in [1.807, 2.05) is 13.8 Å². The Hall–Kier alpha value is -3.37. The van der Waals surface area contributed by atoms with Gasteiger partial charge >= 0.3 is 12.1 Å². The van der Waals surface area contributed by atoms with E-state index in [0.29, 0.717) is 31.1 Å². The number of benzene rings is 1. The first kappa shape index (κ1) is 26.9. The number of ketones is 1. The Labute approximate surface area is 195 Å². The van der Waals surface area contributed by atoms with Crippen molar-refractivity contribution in [2.24, 2.45) is 11.8 Å². The number of piperidine rings is 1. The second-order valence-electron chi connectivity index (χ2n) is 8.29. The molecule has 0 spiro atoms. The number of esters is 1. The number of halogens is 3. The molecule has 186 valence electrons. The summed E-state index contributed by atoms with van der Waals surface area (Å²) in [6, 6.07) is 6.46. The van der Waals surface area contributed by atoms with Crippen molar-refractivity contribution in [3.8, 4) is 0 Å². The van der Waals surface area contributed by atoms with E-state index in [9.17, 15) is 32.3 Å². The van der Waals surface area contributed by atoms with Crippen LogP contribution in [0.25, 0.3) is 0 Å². The smallest absolute Gasteiger partial charge is 0.454 e. The van der Waals surface area contributed by atoms with Crippen LogP contribution in [0.3, 0.4) is 0 Å². The molecule has 1 heterocycles. The van der Waals surface area contributed by atoms with Gasteiger partial charge in [-0.3, -0.25) is 19.2 Å². The lowest BCUT2D eigenvalue weighted by molar-refractivity contribution is -0.165. The number of carbonyl (C=O) groups excluding carboxylic acids is 4. The Kier molecular flexibility index (Phi) is 9.64. The Balaban J connectivity index is 1.80. The standard InChI is InChI=1S/C23H28F3N3O5/c1-15(2)13-27-21(32)17-5-3-4-6-18(17)28-20(31)14-34-22(33)16-7-10-29(11-8-16)12-9-19(30)23(24,25)26/h3-6,9,12,15-16H,7-8,10-11,13-14H2,1-2H3,(H,27,32)(H,28,31). The first-order chi connectivity index (χ1) is 16.0. The van der Waals surface area contributed by atoms with E-state index >= 15 is 0 Å². The molecule has 1 aromatic rings. The number of nitrogens with zero attached hydrogens (tertiary/aromatic N) is 1. The van der Waals surface area contributed by atoms with Crippen LogP contribution in [0, 0.1) is 11.8 Å². The molecule has 1 aliphatic heterocycles. The van der Waals surface area contributed by atoms with Gasteiger partial charge in [-0.2, -0.15) is 13.2 Å². The number of hydrogen-bond donors (Lipinski definition) is 2. The van der Waals surface area contributed by atoms with Gasteiger partial charge < -0.3 is 20.3 Å². The highest BCUT2D eigenvalue weighted by Crippen LogP contribution is 2.21. The molecule has 8 nitrogen and oxygen atoms in total. The Morgan fingerprint density at radius 1 is 1.15 bits per heavy atom. The lowest BCUT2D eigenvalue weighted by Gasteiger charge is -2.29. The van der Waals surface area contributed by atoms with Crippen LogP contribution in [0.4, 0.5) is 18.9 Å². The molecule has 0 aromatic heterocycles. The molecule has 2 N–H and O–H groups in total. The van der Waals surface area contributed by atoms with Gasteiger partial charge in [0.05, 0.1) is 17.2 Å². The number of para-hydroxylation sites is 1. The summed E-state index contributed by atoms with van der Waals surface area (Å²) in [5.74, 6) is -3.73. The van der Waals surface area contributed by atoms with Crippen molar-refractivity contribution < 1.29 is 37.1 Å². The number of anilines is 1. The predicted octanol–water partition coefficient (Wildman–Crippen LogP) is 2.91. The molecule has 2 amide bonds. The van der Waals surface area contributed by atoms with E-state index < -0.39 is 36.4 Å². The van der Waals surface area contributed by atoms with Crippen molar-refractivity contribution >= 4 is 29.3 Å². The summed E-state index contributed by atoms with van der Waals surface area (Å²) in [6.07, 6.45) is -2.77. The normalized spacial score (nSPS) is 14.8. The second-order valence-corrected chi connectivity index (χ2v) is 8.29. The topological polar surface area (TPSA) is 105 Å². The highest BCUT2D eigenvalue weighted by molar-refractivity contribution is 6.04. The van der Waals surface area contributed by atoms with Crippen molar-refractivity contribution in [2.75, 3.05) is 31.6 Å². The first-order valence-corrected chi connectivity index (χ1v) is 10.8. The zero-order chi connectivity index (χ0) is 25.3. The quantitative estimate of drug-likeness (QED) is 0.414. The molecular formula is C23H28F3N3O5. The van der Waals surface area contributed by atoms with Gasteiger partial charge in [-0.25, -0.2) is 0 Å². The Morgan fingerprint density at radius 2 is 1.79 bits per heavy atom. The molecule has 0 aliphatic carbocycles. The number of hydrogen-bond acceptors (Lipinski definition) is 6. The molecule has 1 saturated heterocycles. The van der Waals surface area contributed by atoms with Gasteiger partial charge in [-0.15, -0.1) is 0 Å². The fourth-order valence-electron chi connectivity index (χ4n) is 3.17. The lowest BCUT2D eigenvalue weighted by atomic mass is 9.97. The number of rotatable bonds is 9. The van der Waals surface area contributed by atoms with E-state index in [0.717, 1.165) is 6.20 Å². The molecule has 2 rings (SSSR count). The van der Waals surface area contributed by atoms with Crippen molar-refractivity contribution in [3.63, 3.8) is 0 Å². The van der Waals surface area contributed by atoms with Crippen LogP contribution in [-0.4, -0.2) is 60.9 Å². The third-order valence-corrected chi connectivity index (χ3v) is 5.04. The third-order valence-electron chi connectivity index (χ3n) is 5.04. The maximum atomic E-state index is 12.4. The minimum atomic E-state index is -4.92. The largest absolute Gasteiger partial charge is 0.455 e. The van der Waals surface area contributed by atoms with Gasteiger partial charge in [0.2, 0.25) is 0 Å². The van der Waals surface area contributed by atoms with Crippen molar-refractivity contribution in [3.05, 3.63) is 42.1 Å². The molecule has 34 heavy (non-hydrogen) atoms. The summed E-state index contributed by atoms with van der Waals surface area (Å²) in [6.45, 7) is 4.39. The van der Waals surface area contributed by atoms with Crippen molar-refractivity contribution in [1.82, 2.24) is 10.2 Å². The highest BCUT2D eigenvalue weighted by Gasteiger charge is 2.36. The zero-order valence-electron chi connectivity index (χ0n) is 19.0. The maximum Gasteiger partial charge on any atom is 0.454 e. The van der Waals surface area contributed by atoms with Crippen LogP contribution < -0.4 is 10.6 Å². The van der Waals surface area contributed by atoms with Crippen LogP contribution in [-0.2, 0) is 19.1 Å². The molecule has 1 fully saturated rings. The molecular weight excluding hydrogens is 455 g/mol. The first-order valence-electron chi connectivity index (χ1n) is 10.8. The fourth-order valence-corrected chi connectivity index (χ4v) is 3.17. The van der Waals surface area contributed by atoms with Crippen molar-refractivity contribution in [2.45, 2.75) is 32.9 Å². The second kappa shape index (κ2) is 12.2. The van der Waals surface area contributed by atoms with Gasteiger partial charge in [0.1, 0.15) is 0 Å². The Bertz CT molecular complexity index is 923. The number of allylic oxidation sites excluding steroid dienone is 1. The molecule has 11 heteroatoms. The molecule has 0 bridgehead atoms. The predicted molar refractivity (Wildman–Crippen MR) is 118 cm³/mol. The third kappa shape index (κ3) is 8.53. The number of nitrogens with one attached hydrogen (secondary N) is 2. The van der Waals surface area contributed by atoms with Crippen LogP contribution in [0.2, 0.25) is 0 Å². The minimum Gasteiger partial charge on any atom is -0.455 e. The summed E-state index contributed by atoms with van der Waals surface area (Å²) >= 11 is 0. The lowest BCUT2D eigenvalue weighted by Crippen LogP contribution is -2.35. The maximum absolute atomic E-state index is 12.4. The molecule has 1 aliphatic rings. The zero-order valence-corrected chi connectivity index (χ0v) is 19.0. The van der Waals surface area contributed by atoms with Gasteiger partial charge in [0.25, 0.3) is 17.6 Å². The summed E-state index contributed by atoms with van der Waals surface area (Å²) in [4.78, 5) is 49.3. The number of ether oxygens (including phenoxy) is 1. The number of alkyl halides is 3. The summed E-state index contributed by atoms with van der Waals surface area (Å²) in [5, 5.41) is 5.34. The van der Waals surface area contributed by atoms with Gasteiger partial charge in [-0.05, 0) is 30.9 Å². The number of amides is 2. The van der Waals surface area contributed by atoms with Crippen LogP contribution in [0.1, 0.15) is 37.0 Å². The van der Waals surface area contributed by atoms with Gasteiger partial charge in [0.15, 0.2) is 6.61 Å². The van der Waals surface area contributed by atoms with E-state index in [4.69, 9.17) is 4.74 Å². The number of likely N-dealkylation sites (tertiary alicyclic amines) is 1. The molecule has 0 atom stereocenters. The summed E-state index contributed by atoms with van der Waals surface area (Å²) < 4.78 is 41.8. The van der Waals surface area contributed by atoms with Crippen LogP contribution >= 0.6 is 0 Å². The van der Waals surface area contributed by atoms with E-state index in [2.05, 4.69) is 10.6 Å². The SMILES string of the molecule is CC(C)CNC(=O)c1ccccc1NC(=O)COC(=O)C1CCN(C=CC(=O)C(F)(F)F)CC1. The summed E-state index contributed by atoms with van der Waals surface area (Å²) in [5.41, 5.74) is 0.575. The van der Waals surface area contributed by atoms with Crippen molar-refractivity contribution in [1.29, 1.82) is 0 Å². The number of carbonyl (C=O) groups is 4. The molecule has 1 aromatic carbocycles. The summed E-state index contributed by atoms with van der Waals surface area (Å²) in [7, 11) is 0. The van der Waals surface area contributed by atoms with Crippen LogP contribution in [0.5, 0.6) is 0 Å². The molecule has 0 unspecified atom stereocenters. The average Bonchev–Trinajstić information content (AvgIpc) is 2.79. The monoisotopic (exact) mass is 483 g/mol.